The van der Waals surface area contributed by atoms with Gasteiger partial charge in [0.25, 0.3) is 0 Å². The Kier molecular flexibility index (Phi) is 6.97. The molecule has 0 saturated carbocycles. The van der Waals surface area contributed by atoms with Gasteiger partial charge in [-0.15, -0.1) is 0 Å². The molecule has 292 valence electrons. The van der Waals surface area contributed by atoms with E-state index >= 15 is 0 Å². The number of fused-ring (bicyclic) bond motifs is 18. The first-order chi connectivity index (χ1) is 31.2. The minimum absolute atomic E-state index is 0.538. The van der Waals surface area contributed by atoms with Crippen molar-refractivity contribution in [3.05, 3.63) is 222 Å². The molecule has 0 fully saturated rings. The molecule has 12 aromatic rings. The molecular weight excluding hydrogens is 771 g/mol. The van der Waals surface area contributed by atoms with Gasteiger partial charge in [-0.2, -0.15) is 0 Å². The molecule has 3 aromatic heterocycles. The van der Waals surface area contributed by atoms with Gasteiger partial charge in [0.15, 0.2) is 17.5 Å². The second-order valence-corrected chi connectivity index (χ2v) is 16.6. The van der Waals surface area contributed by atoms with Crippen molar-refractivity contribution >= 4 is 43.9 Å². The van der Waals surface area contributed by atoms with Gasteiger partial charge in [0.1, 0.15) is 22.3 Å². The molecule has 0 unspecified atom stereocenters. The van der Waals surface area contributed by atoms with E-state index in [2.05, 4.69) is 152 Å². The van der Waals surface area contributed by atoms with E-state index in [4.69, 9.17) is 23.8 Å². The predicted octanol–water partition coefficient (Wildman–Crippen LogP) is 14.7. The summed E-state index contributed by atoms with van der Waals surface area (Å²) in [5.41, 5.74) is 17.3. The SMILES string of the molecule is c1ccc2c(c1)-c1ccccc1C1(c3ccccc3-2)c2ccccc2-c2c(-c3nc(-c4ccc5oc6ccccc6c5c4)nc(-c4cccc5c4oc4ccccc45)n3)cccc21. The van der Waals surface area contributed by atoms with E-state index in [1.54, 1.807) is 0 Å². The molecule has 0 atom stereocenters. The van der Waals surface area contributed by atoms with Crippen LogP contribution in [0.5, 0.6) is 0 Å². The van der Waals surface area contributed by atoms with Crippen molar-refractivity contribution in [3.63, 3.8) is 0 Å². The van der Waals surface area contributed by atoms with Crippen LogP contribution >= 0.6 is 0 Å². The number of hydrogen-bond acceptors (Lipinski definition) is 5. The van der Waals surface area contributed by atoms with Crippen molar-refractivity contribution in [3.8, 4) is 67.5 Å². The Hall–Kier alpha value is -8.41. The topological polar surface area (TPSA) is 65.0 Å². The fraction of sp³-hybridized carbons (Fsp3) is 0.0172. The first-order valence-electron chi connectivity index (χ1n) is 21.3. The lowest BCUT2D eigenvalue weighted by Gasteiger charge is -2.35. The van der Waals surface area contributed by atoms with Crippen LogP contribution in [0.2, 0.25) is 0 Å². The van der Waals surface area contributed by atoms with Gasteiger partial charge in [0.05, 0.1) is 11.0 Å². The van der Waals surface area contributed by atoms with Crippen LogP contribution in [0.4, 0.5) is 0 Å². The molecule has 0 radical (unpaired) electrons. The van der Waals surface area contributed by atoms with E-state index in [0.717, 1.165) is 71.7 Å². The summed E-state index contributed by atoms with van der Waals surface area (Å²) < 4.78 is 12.9. The summed E-state index contributed by atoms with van der Waals surface area (Å²) in [6.45, 7) is 0. The quantitative estimate of drug-likeness (QED) is 0.178. The van der Waals surface area contributed by atoms with E-state index in [9.17, 15) is 0 Å². The number of hydrogen-bond donors (Lipinski definition) is 0. The number of rotatable bonds is 3. The molecule has 0 amide bonds. The maximum absolute atomic E-state index is 6.61. The summed E-state index contributed by atoms with van der Waals surface area (Å²) in [6, 6.07) is 71.1. The van der Waals surface area contributed by atoms with Crippen molar-refractivity contribution in [1.82, 2.24) is 15.0 Å². The van der Waals surface area contributed by atoms with Crippen LogP contribution in [0.3, 0.4) is 0 Å². The van der Waals surface area contributed by atoms with E-state index in [-0.39, 0.29) is 0 Å². The maximum atomic E-state index is 6.61. The second kappa shape index (κ2) is 12.8. The van der Waals surface area contributed by atoms with Crippen molar-refractivity contribution in [2.24, 2.45) is 0 Å². The average molecular weight is 804 g/mol. The van der Waals surface area contributed by atoms with Crippen molar-refractivity contribution in [2.45, 2.75) is 5.41 Å². The van der Waals surface area contributed by atoms with E-state index in [0.29, 0.717) is 17.5 Å². The smallest absolute Gasteiger partial charge is 0.167 e. The van der Waals surface area contributed by atoms with Crippen molar-refractivity contribution < 1.29 is 8.83 Å². The standard InChI is InChI=1S/C58H33N3O2/c1-2-16-36-35(15-1)37-17-3-8-25-46(37)58(47-26-9-4-18-38(36)47)48-27-10-5-21-42(48)53-43(23-14-28-49(53)58)56-59-55(34-31-32-52-45(33-34)40-20-7-11-29-50(40)62-52)60-57(61-56)44-24-13-22-41-39-19-6-12-30-51(39)63-54(41)44/h1-33H. The Bertz CT molecular complexity index is 3830. The van der Waals surface area contributed by atoms with Crippen molar-refractivity contribution in [1.29, 1.82) is 0 Å². The minimum Gasteiger partial charge on any atom is -0.456 e. The fourth-order valence-corrected chi connectivity index (χ4v) is 10.8. The highest BCUT2D eigenvalue weighted by Gasteiger charge is 2.50. The Labute approximate surface area is 361 Å². The molecule has 0 bridgehead atoms. The normalized spacial score (nSPS) is 13.2. The highest BCUT2D eigenvalue weighted by atomic mass is 16.3. The molecule has 3 heterocycles. The number of para-hydroxylation sites is 3. The Balaban J connectivity index is 1.08. The van der Waals surface area contributed by atoms with Crippen LogP contribution in [0, 0.1) is 0 Å². The van der Waals surface area contributed by atoms with Crippen LogP contribution in [-0.4, -0.2) is 15.0 Å². The van der Waals surface area contributed by atoms with Gasteiger partial charge in [-0.1, -0.05) is 164 Å². The number of benzene rings is 9. The molecule has 2 aliphatic carbocycles. The summed E-state index contributed by atoms with van der Waals surface area (Å²) in [7, 11) is 0. The molecule has 5 heteroatoms. The third-order valence-electron chi connectivity index (χ3n) is 13.4. The first kappa shape index (κ1) is 34.3. The minimum atomic E-state index is -0.639. The van der Waals surface area contributed by atoms with Crippen LogP contribution < -0.4 is 0 Å². The van der Waals surface area contributed by atoms with E-state index in [1.165, 1.54) is 44.5 Å². The van der Waals surface area contributed by atoms with Gasteiger partial charge >= 0.3 is 0 Å². The summed E-state index contributed by atoms with van der Waals surface area (Å²) in [5.74, 6) is 1.69. The molecular formula is C58H33N3O2. The lowest BCUT2D eigenvalue weighted by Crippen LogP contribution is -2.29. The first-order valence-corrected chi connectivity index (χ1v) is 21.3. The monoisotopic (exact) mass is 803 g/mol. The van der Waals surface area contributed by atoms with Crippen LogP contribution in [0.25, 0.3) is 111 Å². The average Bonchev–Trinajstić information content (AvgIpc) is 4.00. The Morgan fingerprint density at radius 2 is 0.762 bits per heavy atom. The summed E-state index contributed by atoms with van der Waals surface area (Å²) >= 11 is 0. The summed E-state index contributed by atoms with van der Waals surface area (Å²) in [4.78, 5) is 16.2. The summed E-state index contributed by atoms with van der Waals surface area (Å²) in [5, 5.41) is 4.12. The molecule has 2 aliphatic rings. The van der Waals surface area contributed by atoms with Gasteiger partial charge in [0, 0.05) is 32.7 Å². The van der Waals surface area contributed by atoms with Crippen LogP contribution in [-0.2, 0) is 5.41 Å². The zero-order valence-electron chi connectivity index (χ0n) is 33.7. The number of aromatic nitrogens is 3. The Morgan fingerprint density at radius 1 is 0.302 bits per heavy atom. The molecule has 63 heavy (non-hydrogen) atoms. The van der Waals surface area contributed by atoms with Crippen molar-refractivity contribution in [2.75, 3.05) is 0 Å². The predicted molar refractivity (Wildman–Crippen MR) is 252 cm³/mol. The third-order valence-corrected chi connectivity index (χ3v) is 13.4. The fourth-order valence-electron chi connectivity index (χ4n) is 10.8. The van der Waals surface area contributed by atoms with E-state index < -0.39 is 5.41 Å². The van der Waals surface area contributed by atoms with Gasteiger partial charge < -0.3 is 8.83 Å². The van der Waals surface area contributed by atoms with Gasteiger partial charge in [0.2, 0.25) is 0 Å². The molecule has 0 aliphatic heterocycles. The Morgan fingerprint density at radius 3 is 1.48 bits per heavy atom. The lowest BCUT2D eigenvalue weighted by molar-refractivity contribution is 0.669. The largest absolute Gasteiger partial charge is 0.456 e. The molecule has 1 spiro atoms. The van der Waals surface area contributed by atoms with Gasteiger partial charge in [-0.3, -0.25) is 0 Å². The van der Waals surface area contributed by atoms with E-state index in [1.807, 2.05) is 48.5 Å². The van der Waals surface area contributed by atoms with Gasteiger partial charge in [-0.25, -0.2) is 15.0 Å². The molecule has 9 aromatic carbocycles. The van der Waals surface area contributed by atoms with Gasteiger partial charge in [-0.05, 0) is 92.0 Å². The molecule has 14 rings (SSSR count). The highest BCUT2D eigenvalue weighted by Crippen LogP contribution is 2.62. The zero-order valence-corrected chi connectivity index (χ0v) is 33.7. The zero-order chi connectivity index (χ0) is 41.2. The lowest BCUT2D eigenvalue weighted by atomic mass is 9.66. The molecule has 0 N–H and O–H groups in total. The number of furan rings is 2. The number of nitrogens with zero attached hydrogens (tertiary/aromatic N) is 3. The third kappa shape index (κ3) is 4.68. The molecule has 5 nitrogen and oxygen atoms in total. The maximum Gasteiger partial charge on any atom is 0.167 e. The van der Waals surface area contributed by atoms with Crippen LogP contribution in [0.15, 0.2) is 209 Å². The second-order valence-electron chi connectivity index (χ2n) is 16.6. The van der Waals surface area contributed by atoms with Crippen LogP contribution in [0.1, 0.15) is 22.3 Å². The highest BCUT2D eigenvalue weighted by molar-refractivity contribution is 6.10. The molecule has 0 saturated heterocycles. The summed E-state index contributed by atoms with van der Waals surface area (Å²) in [6.07, 6.45) is 0.